The van der Waals surface area contributed by atoms with E-state index in [1.807, 2.05) is 19.1 Å². The van der Waals surface area contributed by atoms with E-state index >= 15 is 0 Å². The van der Waals surface area contributed by atoms with Crippen molar-refractivity contribution in [1.29, 1.82) is 0 Å². The van der Waals surface area contributed by atoms with Crippen molar-refractivity contribution in [3.63, 3.8) is 0 Å². The minimum absolute atomic E-state index is 0.0259. The van der Waals surface area contributed by atoms with Gasteiger partial charge in [-0.3, -0.25) is 9.59 Å². The summed E-state index contributed by atoms with van der Waals surface area (Å²) in [6, 6.07) is 8.33. The lowest BCUT2D eigenvalue weighted by molar-refractivity contribution is -0.122. The van der Waals surface area contributed by atoms with E-state index in [9.17, 15) is 9.59 Å². The van der Waals surface area contributed by atoms with Crippen LogP contribution in [0.3, 0.4) is 0 Å². The molecule has 0 saturated heterocycles. The summed E-state index contributed by atoms with van der Waals surface area (Å²) in [5, 5.41) is 5.54. The van der Waals surface area contributed by atoms with Crippen molar-refractivity contribution in [3.05, 3.63) is 34.3 Å². The molecular formula is C15H21BrN2O2. The summed E-state index contributed by atoms with van der Waals surface area (Å²) in [6.07, 6.45) is 2.15. The molecule has 0 aromatic heterocycles. The van der Waals surface area contributed by atoms with E-state index in [-0.39, 0.29) is 17.9 Å². The first-order valence-corrected chi connectivity index (χ1v) is 7.55. The monoisotopic (exact) mass is 340 g/mol. The predicted octanol–water partition coefficient (Wildman–Crippen LogP) is 2.41. The molecule has 1 unspecified atom stereocenters. The quantitative estimate of drug-likeness (QED) is 0.800. The second-order valence-corrected chi connectivity index (χ2v) is 5.78. The Morgan fingerprint density at radius 2 is 1.90 bits per heavy atom. The molecule has 20 heavy (non-hydrogen) atoms. The average Bonchev–Trinajstić information content (AvgIpc) is 2.37. The van der Waals surface area contributed by atoms with E-state index in [0.717, 1.165) is 17.3 Å². The molecule has 0 radical (unpaired) electrons. The largest absolute Gasteiger partial charge is 0.356 e. The van der Waals surface area contributed by atoms with Crippen LogP contribution in [-0.4, -0.2) is 24.4 Å². The molecule has 1 rings (SSSR count). The third kappa shape index (κ3) is 7.28. The van der Waals surface area contributed by atoms with Crippen molar-refractivity contribution in [2.45, 2.75) is 39.2 Å². The molecule has 1 aromatic rings. The maximum Gasteiger partial charge on any atom is 0.221 e. The zero-order valence-corrected chi connectivity index (χ0v) is 13.5. The van der Waals surface area contributed by atoms with Gasteiger partial charge >= 0.3 is 0 Å². The highest BCUT2D eigenvalue weighted by molar-refractivity contribution is 9.10. The molecule has 110 valence electrons. The number of carbonyl (C=O) groups excluding carboxylic acids is 2. The number of halogens is 1. The molecule has 5 heteroatoms. The number of carbonyl (C=O) groups is 2. The third-order valence-electron chi connectivity index (χ3n) is 2.91. The highest BCUT2D eigenvalue weighted by atomic mass is 79.9. The van der Waals surface area contributed by atoms with E-state index in [1.54, 1.807) is 0 Å². The van der Waals surface area contributed by atoms with Crippen LogP contribution in [0.2, 0.25) is 0 Å². The molecule has 0 fully saturated rings. The van der Waals surface area contributed by atoms with Crippen LogP contribution in [0.5, 0.6) is 0 Å². The standard InChI is InChI=1S/C15H21BrN2O2/c1-11(18-15(20)9-10-17-12(2)19)3-4-13-5-7-14(16)8-6-13/h5-8,11H,3-4,9-10H2,1-2H3,(H,17,19)(H,18,20). The Hall–Kier alpha value is -1.36. The number of benzene rings is 1. The van der Waals surface area contributed by atoms with Crippen LogP contribution >= 0.6 is 15.9 Å². The van der Waals surface area contributed by atoms with Crippen molar-refractivity contribution >= 4 is 27.7 Å². The third-order valence-corrected chi connectivity index (χ3v) is 3.44. The molecule has 0 bridgehead atoms. The van der Waals surface area contributed by atoms with Gasteiger partial charge in [-0.15, -0.1) is 0 Å². The van der Waals surface area contributed by atoms with Gasteiger partial charge in [-0.25, -0.2) is 0 Å². The zero-order chi connectivity index (χ0) is 15.0. The van der Waals surface area contributed by atoms with Crippen LogP contribution in [0.25, 0.3) is 0 Å². The van der Waals surface area contributed by atoms with E-state index in [1.165, 1.54) is 12.5 Å². The molecule has 2 N–H and O–H groups in total. The summed E-state index contributed by atoms with van der Waals surface area (Å²) in [6.45, 7) is 3.83. The van der Waals surface area contributed by atoms with Gasteiger partial charge in [0.15, 0.2) is 0 Å². The molecule has 1 aromatic carbocycles. The molecule has 0 aliphatic rings. The predicted molar refractivity (Wildman–Crippen MR) is 83.4 cm³/mol. The van der Waals surface area contributed by atoms with Gasteiger partial charge in [-0.05, 0) is 37.5 Å². The van der Waals surface area contributed by atoms with Crippen LogP contribution < -0.4 is 10.6 Å². The molecule has 4 nitrogen and oxygen atoms in total. The van der Waals surface area contributed by atoms with E-state index in [4.69, 9.17) is 0 Å². The van der Waals surface area contributed by atoms with Gasteiger partial charge in [0.2, 0.25) is 11.8 Å². The Kier molecular flexibility index (Phi) is 7.30. The molecule has 2 amide bonds. The van der Waals surface area contributed by atoms with E-state index in [2.05, 4.69) is 38.7 Å². The second-order valence-electron chi connectivity index (χ2n) is 4.87. The molecular weight excluding hydrogens is 320 g/mol. The summed E-state index contributed by atoms with van der Waals surface area (Å²) in [5.74, 6) is -0.136. The molecule has 0 aliphatic heterocycles. The lowest BCUT2D eigenvalue weighted by Crippen LogP contribution is -2.35. The Labute approximate surface area is 128 Å². The second kappa shape index (κ2) is 8.74. The molecule has 0 saturated carbocycles. The smallest absolute Gasteiger partial charge is 0.221 e. The minimum Gasteiger partial charge on any atom is -0.356 e. The van der Waals surface area contributed by atoms with Crippen LogP contribution in [0.1, 0.15) is 32.3 Å². The lowest BCUT2D eigenvalue weighted by atomic mass is 10.1. The van der Waals surface area contributed by atoms with Crippen molar-refractivity contribution in [1.82, 2.24) is 10.6 Å². The minimum atomic E-state index is -0.110. The maximum atomic E-state index is 11.6. The average molecular weight is 341 g/mol. The lowest BCUT2D eigenvalue weighted by Gasteiger charge is -2.14. The van der Waals surface area contributed by atoms with Gasteiger partial charge in [0, 0.05) is 30.4 Å². The Morgan fingerprint density at radius 1 is 1.25 bits per heavy atom. The number of nitrogens with one attached hydrogen (secondary N) is 2. The van der Waals surface area contributed by atoms with Crippen LogP contribution in [-0.2, 0) is 16.0 Å². The summed E-state index contributed by atoms with van der Waals surface area (Å²) >= 11 is 3.41. The van der Waals surface area contributed by atoms with Crippen LogP contribution in [0, 0.1) is 0 Å². The van der Waals surface area contributed by atoms with E-state index in [0.29, 0.717) is 13.0 Å². The maximum absolute atomic E-state index is 11.6. The molecule has 0 aliphatic carbocycles. The van der Waals surface area contributed by atoms with Crippen LogP contribution in [0.15, 0.2) is 28.7 Å². The Morgan fingerprint density at radius 3 is 2.50 bits per heavy atom. The SMILES string of the molecule is CC(=O)NCCC(=O)NC(C)CCc1ccc(Br)cc1. The van der Waals surface area contributed by atoms with Crippen molar-refractivity contribution in [3.8, 4) is 0 Å². The molecule has 0 spiro atoms. The topological polar surface area (TPSA) is 58.2 Å². The van der Waals surface area contributed by atoms with Gasteiger partial charge in [-0.2, -0.15) is 0 Å². The number of amides is 2. The fourth-order valence-electron chi connectivity index (χ4n) is 1.81. The summed E-state index contributed by atoms with van der Waals surface area (Å²) in [7, 11) is 0. The summed E-state index contributed by atoms with van der Waals surface area (Å²) < 4.78 is 1.07. The number of hydrogen-bond acceptors (Lipinski definition) is 2. The summed E-state index contributed by atoms with van der Waals surface area (Å²) in [5.41, 5.74) is 1.26. The zero-order valence-electron chi connectivity index (χ0n) is 11.9. The highest BCUT2D eigenvalue weighted by Crippen LogP contribution is 2.12. The normalized spacial score (nSPS) is 11.8. The number of hydrogen-bond donors (Lipinski definition) is 2. The van der Waals surface area contributed by atoms with E-state index < -0.39 is 0 Å². The fraction of sp³-hybridized carbons (Fsp3) is 0.467. The first-order chi connectivity index (χ1) is 9.47. The van der Waals surface area contributed by atoms with Gasteiger partial charge in [0.25, 0.3) is 0 Å². The number of rotatable bonds is 7. The van der Waals surface area contributed by atoms with Gasteiger partial charge < -0.3 is 10.6 Å². The summed E-state index contributed by atoms with van der Waals surface area (Å²) in [4.78, 5) is 22.3. The first-order valence-electron chi connectivity index (χ1n) is 6.75. The van der Waals surface area contributed by atoms with Crippen LogP contribution in [0.4, 0.5) is 0 Å². The van der Waals surface area contributed by atoms with Gasteiger partial charge in [0.05, 0.1) is 0 Å². The first kappa shape index (κ1) is 16.7. The van der Waals surface area contributed by atoms with Gasteiger partial charge in [0.1, 0.15) is 0 Å². The van der Waals surface area contributed by atoms with Crippen molar-refractivity contribution in [2.75, 3.05) is 6.54 Å². The Balaban J connectivity index is 2.22. The molecule has 0 heterocycles. The van der Waals surface area contributed by atoms with Crippen molar-refractivity contribution in [2.24, 2.45) is 0 Å². The molecule has 1 atom stereocenters. The Bertz CT molecular complexity index is 446. The van der Waals surface area contributed by atoms with Crippen molar-refractivity contribution < 1.29 is 9.59 Å². The number of aryl methyl sites for hydroxylation is 1. The van der Waals surface area contributed by atoms with Gasteiger partial charge in [-0.1, -0.05) is 28.1 Å². The highest BCUT2D eigenvalue weighted by Gasteiger charge is 2.07. The fourth-order valence-corrected chi connectivity index (χ4v) is 2.07.